The van der Waals surface area contributed by atoms with Crippen LogP contribution in [0.5, 0.6) is 5.75 Å². The standard InChI is InChI=1S/C15H12F3NO2/c1-2-21-13-6-4-3-5-11(13)14(20)12-8-7-10(9-19-12)15(16,17)18/h3-9H,2H2,1H3. The lowest BCUT2D eigenvalue weighted by Gasteiger charge is -2.09. The number of halogens is 3. The van der Waals surface area contributed by atoms with Gasteiger partial charge in [-0.2, -0.15) is 13.2 Å². The smallest absolute Gasteiger partial charge is 0.417 e. The van der Waals surface area contributed by atoms with Crippen molar-refractivity contribution in [2.75, 3.05) is 6.61 Å². The summed E-state index contributed by atoms with van der Waals surface area (Å²) in [6, 6.07) is 8.44. The van der Waals surface area contributed by atoms with Crippen molar-refractivity contribution in [3.8, 4) is 5.75 Å². The third-order valence-electron chi connectivity index (χ3n) is 2.75. The second-order valence-electron chi connectivity index (χ2n) is 4.19. The molecule has 0 aliphatic carbocycles. The molecule has 0 unspecified atom stereocenters. The van der Waals surface area contributed by atoms with Crippen molar-refractivity contribution >= 4 is 5.78 Å². The van der Waals surface area contributed by atoms with Gasteiger partial charge in [-0.1, -0.05) is 12.1 Å². The second kappa shape index (κ2) is 5.95. The molecule has 1 aromatic heterocycles. The van der Waals surface area contributed by atoms with Gasteiger partial charge in [0, 0.05) is 6.20 Å². The summed E-state index contributed by atoms with van der Waals surface area (Å²) >= 11 is 0. The Bertz CT molecular complexity index is 636. The molecule has 0 atom stereocenters. The van der Waals surface area contributed by atoms with Crippen LogP contribution in [0.3, 0.4) is 0 Å². The fourth-order valence-electron chi connectivity index (χ4n) is 1.77. The monoisotopic (exact) mass is 295 g/mol. The van der Waals surface area contributed by atoms with Gasteiger partial charge in [-0.3, -0.25) is 9.78 Å². The number of para-hydroxylation sites is 1. The van der Waals surface area contributed by atoms with E-state index in [4.69, 9.17) is 4.74 Å². The summed E-state index contributed by atoms with van der Waals surface area (Å²) in [5, 5.41) is 0. The van der Waals surface area contributed by atoms with E-state index in [-0.39, 0.29) is 11.3 Å². The highest BCUT2D eigenvalue weighted by Gasteiger charge is 2.31. The summed E-state index contributed by atoms with van der Waals surface area (Å²) in [6.45, 7) is 2.16. The van der Waals surface area contributed by atoms with Gasteiger partial charge in [0.2, 0.25) is 5.78 Å². The van der Waals surface area contributed by atoms with Crippen LogP contribution < -0.4 is 4.74 Å². The van der Waals surface area contributed by atoms with Gasteiger partial charge in [0.25, 0.3) is 0 Å². The van der Waals surface area contributed by atoms with Gasteiger partial charge in [0.1, 0.15) is 11.4 Å². The maximum atomic E-state index is 12.5. The Morgan fingerprint density at radius 2 is 1.90 bits per heavy atom. The van der Waals surface area contributed by atoms with Gasteiger partial charge in [-0.25, -0.2) is 0 Å². The molecule has 3 nitrogen and oxygen atoms in total. The first-order valence-corrected chi connectivity index (χ1v) is 6.23. The zero-order valence-electron chi connectivity index (χ0n) is 11.1. The topological polar surface area (TPSA) is 39.2 Å². The highest BCUT2D eigenvalue weighted by atomic mass is 19.4. The zero-order chi connectivity index (χ0) is 15.5. The minimum Gasteiger partial charge on any atom is -0.493 e. The average molecular weight is 295 g/mol. The molecule has 0 spiro atoms. The molecular formula is C15H12F3NO2. The summed E-state index contributed by atoms with van der Waals surface area (Å²) < 4.78 is 42.7. The van der Waals surface area contributed by atoms with E-state index in [1.165, 1.54) is 0 Å². The van der Waals surface area contributed by atoms with Crippen molar-refractivity contribution in [1.82, 2.24) is 4.98 Å². The van der Waals surface area contributed by atoms with E-state index in [1.807, 2.05) is 0 Å². The van der Waals surface area contributed by atoms with E-state index < -0.39 is 17.5 Å². The fourth-order valence-corrected chi connectivity index (χ4v) is 1.77. The minimum atomic E-state index is -4.47. The maximum Gasteiger partial charge on any atom is 0.417 e. The molecule has 0 fully saturated rings. The molecule has 21 heavy (non-hydrogen) atoms. The number of aromatic nitrogens is 1. The van der Waals surface area contributed by atoms with Gasteiger partial charge in [0.15, 0.2) is 0 Å². The number of nitrogens with zero attached hydrogens (tertiary/aromatic N) is 1. The zero-order valence-corrected chi connectivity index (χ0v) is 11.1. The van der Waals surface area contributed by atoms with E-state index in [1.54, 1.807) is 31.2 Å². The first kappa shape index (κ1) is 15.0. The summed E-state index contributed by atoms with van der Waals surface area (Å²) in [7, 11) is 0. The predicted molar refractivity (Wildman–Crippen MR) is 70.3 cm³/mol. The Morgan fingerprint density at radius 1 is 1.19 bits per heavy atom. The normalized spacial score (nSPS) is 11.2. The van der Waals surface area contributed by atoms with Crippen LogP contribution in [-0.2, 0) is 6.18 Å². The van der Waals surface area contributed by atoms with E-state index in [2.05, 4.69) is 4.98 Å². The first-order chi connectivity index (χ1) is 9.93. The van der Waals surface area contributed by atoms with E-state index in [9.17, 15) is 18.0 Å². The van der Waals surface area contributed by atoms with E-state index in [0.717, 1.165) is 12.1 Å². The molecule has 0 saturated heterocycles. The third-order valence-corrected chi connectivity index (χ3v) is 2.75. The predicted octanol–water partition coefficient (Wildman–Crippen LogP) is 3.73. The molecule has 0 aliphatic heterocycles. The average Bonchev–Trinajstić information content (AvgIpc) is 2.47. The second-order valence-corrected chi connectivity index (χ2v) is 4.19. The van der Waals surface area contributed by atoms with Crippen molar-refractivity contribution in [3.63, 3.8) is 0 Å². The molecule has 0 aliphatic rings. The maximum absolute atomic E-state index is 12.5. The molecule has 2 aromatic rings. The highest BCUT2D eigenvalue weighted by molar-refractivity contribution is 6.09. The summed E-state index contributed by atoms with van der Waals surface area (Å²) in [6.07, 6.45) is -3.83. The number of ether oxygens (including phenoxy) is 1. The number of alkyl halides is 3. The van der Waals surface area contributed by atoms with Crippen molar-refractivity contribution in [2.45, 2.75) is 13.1 Å². The summed E-state index contributed by atoms with van der Waals surface area (Å²) in [4.78, 5) is 15.9. The van der Waals surface area contributed by atoms with Crippen LogP contribution in [-0.4, -0.2) is 17.4 Å². The van der Waals surface area contributed by atoms with Gasteiger partial charge in [-0.15, -0.1) is 0 Å². The molecule has 1 heterocycles. The van der Waals surface area contributed by atoms with Crippen LogP contribution >= 0.6 is 0 Å². The Morgan fingerprint density at radius 3 is 2.48 bits per heavy atom. The number of rotatable bonds is 4. The number of benzene rings is 1. The lowest BCUT2D eigenvalue weighted by Crippen LogP contribution is -2.10. The number of pyridine rings is 1. The number of ketones is 1. The summed E-state index contributed by atoms with van der Waals surface area (Å²) in [5.41, 5.74) is -0.682. The van der Waals surface area contributed by atoms with Crippen molar-refractivity contribution in [1.29, 1.82) is 0 Å². The van der Waals surface area contributed by atoms with Crippen LogP contribution in [0.2, 0.25) is 0 Å². The number of hydrogen-bond donors (Lipinski definition) is 0. The number of carbonyl (C=O) groups is 1. The van der Waals surface area contributed by atoms with Gasteiger partial charge >= 0.3 is 6.18 Å². The van der Waals surface area contributed by atoms with Crippen LogP contribution in [0.1, 0.15) is 28.5 Å². The van der Waals surface area contributed by atoms with Gasteiger partial charge < -0.3 is 4.74 Å². The Balaban J connectivity index is 2.32. The van der Waals surface area contributed by atoms with Crippen LogP contribution in [0.15, 0.2) is 42.6 Å². The number of carbonyl (C=O) groups excluding carboxylic acids is 1. The molecule has 1 aromatic carbocycles. The lowest BCUT2D eigenvalue weighted by atomic mass is 10.1. The minimum absolute atomic E-state index is 0.0600. The lowest BCUT2D eigenvalue weighted by molar-refractivity contribution is -0.137. The largest absolute Gasteiger partial charge is 0.493 e. The van der Waals surface area contributed by atoms with Gasteiger partial charge in [-0.05, 0) is 31.2 Å². The molecule has 0 amide bonds. The van der Waals surface area contributed by atoms with E-state index in [0.29, 0.717) is 18.6 Å². The number of hydrogen-bond acceptors (Lipinski definition) is 3. The summed E-state index contributed by atoms with van der Waals surface area (Å²) in [5.74, 6) is -0.0977. The Kier molecular flexibility index (Phi) is 4.26. The van der Waals surface area contributed by atoms with Crippen molar-refractivity contribution in [3.05, 3.63) is 59.4 Å². The fraction of sp³-hybridized carbons (Fsp3) is 0.200. The first-order valence-electron chi connectivity index (χ1n) is 6.23. The quantitative estimate of drug-likeness (QED) is 0.807. The van der Waals surface area contributed by atoms with Crippen LogP contribution in [0.4, 0.5) is 13.2 Å². The molecular weight excluding hydrogens is 283 g/mol. The molecule has 2 rings (SSSR count). The van der Waals surface area contributed by atoms with Crippen LogP contribution in [0, 0.1) is 0 Å². The van der Waals surface area contributed by atoms with Crippen molar-refractivity contribution < 1.29 is 22.7 Å². The Labute approximate surface area is 119 Å². The third kappa shape index (κ3) is 3.39. The molecule has 0 N–H and O–H groups in total. The molecule has 110 valence electrons. The Hall–Kier alpha value is -2.37. The van der Waals surface area contributed by atoms with Gasteiger partial charge in [0.05, 0.1) is 17.7 Å². The molecule has 6 heteroatoms. The SMILES string of the molecule is CCOc1ccccc1C(=O)c1ccc(C(F)(F)F)cn1. The molecule has 0 bridgehead atoms. The van der Waals surface area contributed by atoms with Crippen LogP contribution in [0.25, 0.3) is 0 Å². The molecule has 0 radical (unpaired) electrons. The molecule has 0 saturated carbocycles. The van der Waals surface area contributed by atoms with Crippen molar-refractivity contribution in [2.24, 2.45) is 0 Å². The van der Waals surface area contributed by atoms with E-state index >= 15 is 0 Å². The highest BCUT2D eigenvalue weighted by Crippen LogP contribution is 2.29.